The van der Waals surface area contributed by atoms with Crippen LogP contribution in [0.4, 0.5) is 5.69 Å². The summed E-state index contributed by atoms with van der Waals surface area (Å²) in [6.45, 7) is 2.19. The number of ether oxygens (including phenoxy) is 1. The van der Waals surface area contributed by atoms with Gasteiger partial charge in [-0.05, 0) is 55.0 Å². The molecule has 1 atom stereocenters. The van der Waals surface area contributed by atoms with Crippen molar-refractivity contribution in [3.05, 3.63) is 94.0 Å². The van der Waals surface area contributed by atoms with Crippen molar-refractivity contribution in [2.45, 2.75) is 25.9 Å². The predicted octanol–water partition coefficient (Wildman–Crippen LogP) is 4.74. The van der Waals surface area contributed by atoms with Gasteiger partial charge in [-0.3, -0.25) is 14.4 Å². The fraction of sp³-hybridized carbons (Fsp3) is 0.192. The summed E-state index contributed by atoms with van der Waals surface area (Å²) < 4.78 is 6.10. The Kier molecular flexibility index (Phi) is 6.60. The largest absolute Gasteiger partial charge is 0.497 e. The van der Waals surface area contributed by atoms with Gasteiger partial charge in [-0.2, -0.15) is 0 Å². The Hall–Kier alpha value is -3.45. The lowest BCUT2D eigenvalue weighted by Gasteiger charge is -2.28. The van der Waals surface area contributed by atoms with Gasteiger partial charge in [0.25, 0.3) is 11.8 Å². The molecule has 0 saturated carbocycles. The smallest absolute Gasteiger partial charge is 0.257 e. The minimum Gasteiger partial charge on any atom is -0.497 e. The van der Waals surface area contributed by atoms with Crippen LogP contribution < -0.4 is 9.64 Å². The first-order chi connectivity index (χ1) is 15.9. The zero-order valence-corrected chi connectivity index (χ0v) is 19.9. The summed E-state index contributed by atoms with van der Waals surface area (Å²) in [4.78, 5) is 42.5. The van der Waals surface area contributed by atoms with Gasteiger partial charge in [-0.25, -0.2) is 4.90 Å². The van der Waals surface area contributed by atoms with Gasteiger partial charge in [0.1, 0.15) is 11.8 Å². The molecule has 0 radical (unpaired) electrons. The van der Waals surface area contributed by atoms with Crippen molar-refractivity contribution in [1.82, 2.24) is 4.90 Å². The fourth-order valence-corrected chi connectivity index (χ4v) is 4.12. The van der Waals surface area contributed by atoms with E-state index in [9.17, 15) is 14.4 Å². The molecule has 3 aromatic carbocycles. The van der Waals surface area contributed by atoms with E-state index in [1.54, 1.807) is 48.5 Å². The second kappa shape index (κ2) is 9.58. The highest BCUT2D eigenvalue weighted by Gasteiger charge is 2.44. The SMILES string of the molecule is COc1cccc(C(=O)N(Cc2ccc(C)cc2)C2CC(=O)N(c3ccc(Br)cc3)C2=O)c1. The molecule has 4 rings (SSSR count). The Morgan fingerprint density at radius 3 is 2.42 bits per heavy atom. The Bertz CT molecular complexity index is 1190. The Morgan fingerprint density at radius 1 is 1.06 bits per heavy atom. The standard InChI is InChI=1S/C26H23BrN2O4/c1-17-6-8-18(9-7-17)16-28(25(31)19-4-3-5-22(14-19)33-2)23-15-24(30)29(26(23)32)21-12-10-20(27)11-13-21/h3-14,23H,15-16H2,1-2H3. The minimum atomic E-state index is -0.902. The number of hydrogen-bond acceptors (Lipinski definition) is 4. The molecule has 1 fully saturated rings. The number of rotatable bonds is 6. The van der Waals surface area contributed by atoms with Crippen molar-refractivity contribution in [2.24, 2.45) is 0 Å². The van der Waals surface area contributed by atoms with Gasteiger partial charge in [0.15, 0.2) is 0 Å². The van der Waals surface area contributed by atoms with E-state index in [1.165, 1.54) is 12.0 Å². The molecule has 0 bridgehead atoms. The first-order valence-electron chi connectivity index (χ1n) is 10.5. The molecular formula is C26H23BrN2O4. The van der Waals surface area contributed by atoms with Crippen molar-refractivity contribution in [1.29, 1.82) is 0 Å². The highest BCUT2D eigenvalue weighted by atomic mass is 79.9. The molecule has 1 unspecified atom stereocenters. The Morgan fingerprint density at radius 2 is 1.76 bits per heavy atom. The number of anilines is 1. The molecule has 168 valence electrons. The van der Waals surface area contributed by atoms with Crippen molar-refractivity contribution >= 4 is 39.3 Å². The molecule has 6 nitrogen and oxygen atoms in total. The number of carbonyl (C=O) groups excluding carboxylic acids is 3. The van der Waals surface area contributed by atoms with Crippen LogP contribution in [0.1, 0.15) is 27.9 Å². The van der Waals surface area contributed by atoms with Crippen LogP contribution in [0, 0.1) is 6.92 Å². The maximum absolute atomic E-state index is 13.6. The van der Waals surface area contributed by atoms with E-state index < -0.39 is 11.9 Å². The lowest BCUT2D eigenvalue weighted by atomic mass is 10.1. The summed E-state index contributed by atoms with van der Waals surface area (Å²) in [7, 11) is 1.53. The molecule has 3 aromatic rings. The lowest BCUT2D eigenvalue weighted by molar-refractivity contribution is -0.122. The molecular weight excluding hydrogens is 484 g/mol. The van der Waals surface area contributed by atoms with E-state index in [0.717, 1.165) is 20.5 Å². The highest BCUT2D eigenvalue weighted by Crippen LogP contribution is 2.29. The van der Waals surface area contributed by atoms with Gasteiger partial charge in [-0.15, -0.1) is 0 Å². The maximum Gasteiger partial charge on any atom is 0.257 e. The number of imide groups is 1. The van der Waals surface area contributed by atoms with E-state index >= 15 is 0 Å². The molecule has 1 aliphatic rings. The van der Waals surface area contributed by atoms with E-state index in [0.29, 0.717) is 17.0 Å². The van der Waals surface area contributed by atoms with Crippen LogP contribution in [-0.2, 0) is 16.1 Å². The summed E-state index contributed by atoms with van der Waals surface area (Å²) in [6, 6.07) is 20.6. The maximum atomic E-state index is 13.6. The zero-order chi connectivity index (χ0) is 23.5. The summed E-state index contributed by atoms with van der Waals surface area (Å²) in [6.07, 6.45) is -0.0729. The van der Waals surface area contributed by atoms with E-state index in [2.05, 4.69) is 15.9 Å². The number of carbonyl (C=O) groups is 3. The molecule has 1 saturated heterocycles. The quantitative estimate of drug-likeness (QED) is 0.452. The number of amides is 3. The number of halogens is 1. The van der Waals surface area contributed by atoms with Crippen LogP contribution in [0.25, 0.3) is 0 Å². The molecule has 33 heavy (non-hydrogen) atoms. The highest BCUT2D eigenvalue weighted by molar-refractivity contribution is 9.10. The first-order valence-corrected chi connectivity index (χ1v) is 11.3. The second-order valence-electron chi connectivity index (χ2n) is 7.91. The first kappa shape index (κ1) is 22.7. The Balaban J connectivity index is 1.69. The average Bonchev–Trinajstić information content (AvgIpc) is 3.12. The minimum absolute atomic E-state index is 0.0729. The van der Waals surface area contributed by atoms with Gasteiger partial charge in [-0.1, -0.05) is 51.8 Å². The number of nitrogens with zero attached hydrogens (tertiary/aromatic N) is 2. The monoisotopic (exact) mass is 506 g/mol. The molecule has 0 aromatic heterocycles. The van der Waals surface area contributed by atoms with Crippen molar-refractivity contribution in [2.75, 3.05) is 12.0 Å². The third-order valence-electron chi connectivity index (χ3n) is 5.63. The number of benzene rings is 3. The second-order valence-corrected chi connectivity index (χ2v) is 8.83. The topological polar surface area (TPSA) is 66.9 Å². The van der Waals surface area contributed by atoms with Crippen LogP contribution in [-0.4, -0.2) is 35.8 Å². The van der Waals surface area contributed by atoms with Crippen LogP contribution in [0.5, 0.6) is 5.75 Å². The van der Waals surface area contributed by atoms with Crippen LogP contribution in [0.3, 0.4) is 0 Å². The average molecular weight is 507 g/mol. The number of aryl methyl sites for hydroxylation is 1. The number of methoxy groups -OCH3 is 1. The van der Waals surface area contributed by atoms with Gasteiger partial charge < -0.3 is 9.64 Å². The van der Waals surface area contributed by atoms with Crippen LogP contribution in [0.2, 0.25) is 0 Å². The molecule has 0 spiro atoms. The van der Waals surface area contributed by atoms with Crippen LogP contribution >= 0.6 is 15.9 Å². The van der Waals surface area contributed by atoms with E-state index in [-0.39, 0.29) is 24.8 Å². The number of hydrogen-bond donors (Lipinski definition) is 0. The lowest BCUT2D eigenvalue weighted by Crippen LogP contribution is -2.45. The third-order valence-corrected chi connectivity index (χ3v) is 6.16. The molecule has 1 heterocycles. The van der Waals surface area contributed by atoms with E-state index in [1.807, 2.05) is 31.2 Å². The summed E-state index contributed by atoms with van der Waals surface area (Å²) in [5.41, 5.74) is 2.85. The Labute approximate surface area is 200 Å². The third kappa shape index (κ3) is 4.83. The normalized spacial score (nSPS) is 15.6. The summed E-state index contributed by atoms with van der Waals surface area (Å²) in [5.74, 6) is -0.537. The molecule has 0 N–H and O–H groups in total. The summed E-state index contributed by atoms with van der Waals surface area (Å²) >= 11 is 3.37. The fourth-order valence-electron chi connectivity index (χ4n) is 3.86. The zero-order valence-electron chi connectivity index (χ0n) is 18.3. The van der Waals surface area contributed by atoms with Crippen molar-refractivity contribution < 1.29 is 19.1 Å². The molecule has 7 heteroatoms. The van der Waals surface area contributed by atoms with Gasteiger partial charge >= 0.3 is 0 Å². The molecule has 0 aliphatic carbocycles. The predicted molar refractivity (Wildman–Crippen MR) is 129 cm³/mol. The molecule has 1 aliphatic heterocycles. The van der Waals surface area contributed by atoms with Crippen molar-refractivity contribution in [3.63, 3.8) is 0 Å². The van der Waals surface area contributed by atoms with Gasteiger partial charge in [0, 0.05) is 16.6 Å². The van der Waals surface area contributed by atoms with Gasteiger partial charge in [0.2, 0.25) is 5.91 Å². The van der Waals surface area contributed by atoms with Gasteiger partial charge in [0.05, 0.1) is 19.2 Å². The van der Waals surface area contributed by atoms with Crippen molar-refractivity contribution in [3.8, 4) is 5.75 Å². The van der Waals surface area contributed by atoms with E-state index in [4.69, 9.17) is 4.74 Å². The van der Waals surface area contributed by atoms with Crippen LogP contribution in [0.15, 0.2) is 77.3 Å². The summed E-state index contributed by atoms with van der Waals surface area (Å²) in [5, 5.41) is 0. The molecule has 3 amide bonds.